The Balaban J connectivity index is 2.02. The molecule has 0 radical (unpaired) electrons. The average molecular weight is 289 g/mol. The molecule has 21 heavy (non-hydrogen) atoms. The van der Waals surface area contributed by atoms with Crippen molar-refractivity contribution in [3.8, 4) is 11.5 Å². The maximum atomic E-state index is 11.0. The Hall–Kier alpha value is -2.50. The van der Waals surface area contributed by atoms with Crippen LogP contribution in [0.4, 0.5) is 5.82 Å². The molecule has 1 aromatic heterocycles. The molecule has 0 bridgehead atoms. The smallest absolute Gasteiger partial charge is 0.264 e. The van der Waals surface area contributed by atoms with Crippen LogP contribution in [0.2, 0.25) is 0 Å². The maximum absolute atomic E-state index is 11.0. The van der Waals surface area contributed by atoms with Gasteiger partial charge in [-0.2, -0.15) is 5.10 Å². The van der Waals surface area contributed by atoms with Crippen LogP contribution in [0.1, 0.15) is 5.56 Å². The number of hydrogen-bond donors (Lipinski definition) is 1. The molecule has 2 aromatic rings. The van der Waals surface area contributed by atoms with Crippen molar-refractivity contribution < 1.29 is 9.47 Å². The molecule has 0 saturated carbocycles. The lowest BCUT2D eigenvalue weighted by atomic mass is 10.1. The highest BCUT2D eigenvalue weighted by atomic mass is 16.5. The number of rotatable bonds is 6. The van der Waals surface area contributed by atoms with Gasteiger partial charge >= 0.3 is 0 Å². The highest BCUT2D eigenvalue weighted by molar-refractivity contribution is 5.43. The first-order valence-corrected chi connectivity index (χ1v) is 6.62. The van der Waals surface area contributed by atoms with Gasteiger partial charge in [-0.05, 0) is 30.2 Å². The van der Waals surface area contributed by atoms with Crippen LogP contribution in [0.15, 0.2) is 35.1 Å². The summed E-state index contributed by atoms with van der Waals surface area (Å²) in [6.45, 7) is 0.772. The highest BCUT2D eigenvalue weighted by Crippen LogP contribution is 2.27. The SMILES string of the molecule is COc1ccc(CCN(C)c2ccc(=O)[nH]n2)cc1OC. The van der Waals surface area contributed by atoms with E-state index >= 15 is 0 Å². The van der Waals surface area contributed by atoms with E-state index in [1.165, 1.54) is 6.07 Å². The zero-order chi connectivity index (χ0) is 15.2. The lowest BCUT2D eigenvalue weighted by Gasteiger charge is -2.17. The van der Waals surface area contributed by atoms with Gasteiger partial charge in [0.1, 0.15) is 5.82 Å². The van der Waals surface area contributed by atoms with Gasteiger partial charge in [0.15, 0.2) is 11.5 Å². The van der Waals surface area contributed by atoms with Crippen molar-refractivity contribution in [1.82, 2.24) is 10.2 Å². The third-order valence-corrected chi connectivity index (χ3v) is 3.24. The van der Waals surface area contributed by atoms with Crippen LogP contribution in [0, 0.1) is 0 Å². The van der Waals surface area contributed by atoms with E-state index in [1.54, 1.807) is 20.3 Å². The molecule has 1 N–H and O–H groups in total. The van der Waals surface area contributed by atoms with E-state index in [9.17, 15) is 4.79 Å². The molecule has 6 heteroatoms. The number of aromatic amines is 1. The standard InChI is InChI=1S/C15H19N3O3/c1-18(14-6-7-15(19)17-16-14)9-8-11-4-5-12(20-2)13(10-11)21-3/h4-7,10H,8-9H2,1-3H3,(H,17,19). The Morgan fingerprint density at radius 3 is 2.52 bits per heavy atom. The van der Waals surface area contributed by atoms with E-state index in [2.05, 4.69) is 10.2 Å². The molecule has 0 saturated heterocycles. The van der Waals surface area contributed by atoms with E-state index in [1.807, 2.05) is 30.1 Å². The number of aromatic nitrogens is 2. The first-order valence-electron chi connectivity index (χ1n) is 6.62. The summed E-state index contributed by atoms with van der Waals surface area (Å²) in [5, 5.41) is 6.42. The first kappa shape index (κ1) is 14.9. The molecule has 0 amide bonds. The van der Waals surface area contributed by atoms with Crippen LogP contribution < -0.4 is 19.9 Å². The van der Waals surface area contributed by atoms with E-state index in [-0.39, 0.29) is 5.56 Å². The summed E-state index contributed by atoms with van der Waals surface area (Å²) in [5.74, 6) is 2.17. The van der Waals surface area contributed by atoms with Gasteiger partial charge in [0.2, 0.25) is 0 Å². The van der Waals surface area contributed by atoms with Gasteiger partial charge in [0.05, 0.1) is 14.2 Å². The van der Waals surface area contributed by atoms with Crippen molar-refractivity contribution in [3.05, 3.63) is 46.2 Å². The third-order valence-electron chi connectivity index (χ3n) is 3.24. The molecular formula is C15H19N3O3. The minimum absolute atomic E-state index is 0.202. The fourth-order valence-corrected chi connectivity index (χ4v) is 2.00. The van der Waals surface area contributed by atoms with Gasteiger partial charge in [0, 0.05) is 19.7 Å². The number of hydrogen-bond acceptors (Lipinski definition) is 5. The summed E-state index contributed by atoms with van der Waals surface area (Å²) < 4.78 is 10.5. The molecule has 0 fully saturated rings. The lowest BCUT2D eigenvalue weighted by molar-refractivity contribution is 0.354. The molecule has 0 unspecified atom stereocenters. The molecular weight excluding hydrogens is 270 g/mol. The summed E-state index contributed by atoms with van der Waals surface area (Å²) in [7, 11) is 5.17. The lowest BCUT2D eigenvalue weighted by Crippen LogP contribution is -2.23. The van der Waals surface area contributed by atoms with E-state index in [0.717, 1.165) is 35.8 Å². The molecule has 6 nitrogen and oxygen atoms in total. The second-order valence-corrected chi connectivity index (χ2v) is 4.64. The van der Waals surface area contributed by atoms with Crippen molar-refractivity contribution in [2.45, 2.75) is 6.42 Å². The summed E-state index contributed by atoms with van der Waals surface area (Å²) in [6, 6.07) is 9.04. The highest BCUT2D eigenvalue weighted by Gasteiger charge is 2.07. The third kappa shape index (κ3) is 3.75. The zero-order valence-electron chi connectivity index (χ0n) is 12.4. The van der Waals surface area contributed by atoms with Crippen LogP contribution in [0.3, 0.4) is 0 Å². The van der Waals surface area contributed by atoms with Crippen LogP contribution in [0.25, 0.3) is 0 Å². The monoisotopic (exact) mass is 289 g/mol. The molecule has 112 valence electrons. The predicted molar refractivity (Wildman–Crippen MR) is 81.4 cm³/mol. The summed E-state index contributed by atoms with van der Waals surface area (Å²) in [6.07, 6.45) is 0.831. The molecule has 0 aliphatic carbocycles. The number of methoxy groups -OCH3 is 2. The van der Waals surface area contributed by atoms with Crippen LogP contribution >= 0.6 is 0 Å². The van der Waals surface area contributed by atoms with Crippen molar-refractivity contribution in [2.75, 3.05) is 32.7 Å². The minimum atomic E-state index is -0.202. The van der Waals surface area contributed by atoms with Gasteiger partial charge in [-0.15, -0.1) is 0 Å². The average Bonchev–Trinajstić information content (AvgIpc) is 2.52. The number of nitrogens with one attached hydrogen (secondary N) is 1. The fourth-order valence-electron chi connectivity index (χ4n) is 2.00. The number of anilines is 1. The van der Waals surface area contributed by atoms with E-state index < -0.39 is 0 Å². The van der Waals surface area contributed by atoms with Crippen LogP contribution in [-0.4, -0.2) is 38.0 Å². The van der Waals surface area contributed by atoms with Gasteiger partial charge in [0.25, 0.3) is 5.56 Å². The molecule has 2 rings (SSSR count). The normalized spacial score (nSPS) is 10.2. The number of likely N-dealkylation sites (N-methyl/N-ethyl adjacent to an activating group) is 1. The van der Waals surface area contributed by atoms with E-state index in [0.29, 0.717) is 0 Å². The van der Waals surface area contributed by atoms with Crippen LogP contribution in [0.5, 0.6) is 11.5 Å². The van der Waals surface area contributed by atoms with Gasteiger partial charge < -0.3 is 14.4 Å². The van der Waals surface area contributed by atoms with E-state index in [4.69, 9.17) is 9.47 Å². The number of H-pyrrole nitrogens is 1. The molecule has 0 spiro atoms. The van der Waals surface area contributed by atoms with Crippen molar-refractivity contribution >= 4 is 5.82 Å². The predicted octanol–water partition coefficient (Wildman–Crippen LogP) is 1.47. The van der Waals surface area contributed by atoms with Crippen LogP contribution in [-0.2, 0) is 6.42 Å². The fraction of sp³-hybridized carbons (Fsp3) is 0.333. The van der Waals surface area contributed by atoms with Gasteiger partial charge in [-0.25, -0.2) is 5.10 Å². The van der Waals surface area contributed by atoms with Crippen molar-refractivity contribution in [2.24, 2.45) is 0 Å². The quantitative estimate of drug-likeness (QED) is 0.872. The topological polar surface area (TPSA) is 67.5 Å². The minimum Gasteiger partial charge on any atom is -0.493 e. The molecule has 0 aliphatic heterocycles. The Kier molecular flexibility index (Phi) is 4.81. The summed E-state index contributed by atoms with van der Waals surface area (Å²) in [5.41, 5.74) is 0.941. The van der Waals surface area contributed by atoms with Gasteiger partial charge in [-0.3, -0.25) is 4.79 Å². The Morgan fingerprint density at radius 1 is 1.14 bits per heavy atom. The second-order valence-electron chi connectivity index (χ2n) is 4.64. The summed E-state index contributed by atoms with van der Waals surface area (Å²) >= 11 is 0. The zero-order valence-corrected chi connectivity index (χ0v) is 12.4. The number of ether oxygens (including phenoxy) is 2. The molecule has 1 aromatic carbocycles. The number of benzene rings is 1. The Morgan fingerprint density at radius 2 is 1.90 bits per heavy atom. The largest absolute Gasteiger partial charge is 0.493 e. The van der Waals surface area contributed by atoms with Gasteiger partial charge in [-0.1, -0.05) is 6.07 Å². The Bertz CT molecular complexity index is 634. The molecule has 0 atom stereocenters. The van der Waals surface area contributed by atoms with Crippen molar-refractivity contribution in [3.63, 3.8) is 0 Å². The number of nitrogens with zero attached hydrogens (tertiary/aromatic N) is 2. The Labute approximate surface area is 123 Å². The summed E-state index contributed by atoms with van der Waals surface area (Å²) in [4.78, 5) is 13.0. The second kappa shape index (κ2) is 6.78. The van der Waals surface area contributed by atoms with Crippen molar-refractivity contribution in [1.29, 1.82) is 0 Å². The first-order chi connectivity index (χ1) is 10.1. The molecule has 1 heterocycles. The molecule has 0 aliphatic rings. The maximum Gasteiger partial charge on any atom is 0.264 e.